The summed E-state index contributed by atoms with van der Waals surface area (Å²) in [5.41, 5.74) is 0.602. The highest BCUT2D eigenvalue weighted by Crippen LogP contribution is 2.30. The first-order valence-electron chi connectivity index (χ1n) is 7.66. The van der Waals surface area contributed by atoms with Crippen LogP contribution in [0.3, 0.4) is 0 Å². The number of anilines is 1. The molecule has 0 unspecified atom stereocenters. The van der Waals surface area contributed by atoms with E-state index in [9.17, 15) is 34.8 Å². The summed E-state index contributed by atoms with van der Waals surface area (Å²) in [5.74, 6) is -12.3. The molecule has 1 heterocycles. The summed E-state index contributed by atoms with van der Waals surface area (Å²) < 4.78 is 106. The van der Waals surface area contributed by atoms with Crippen LogP contribution in [0.4, 0.5) is 32.0 Å². The zero-order valence-electron chi connectivity index (χ0n) is 13.5. The highest BCUT2D eigenvalue weighted by atomic mass is 32.2. The van der Waals surface area contributed by atoms with Crippen molar-refractivity contribution in [3.63, 3.8) is 0 Å². The second-order valence-electron chi connectivity index (χ2n) is 5.77. The Kier molecular flexibility index (Phi) is 5.08. The van der Waals surface area contributed by atoms with Gasteiger partial charge in [-0.15, -0.1) is 0 Å². The van der Waals surface area contributed by atoms with Crippen LogP contribution in [0.5, 0.6) is 0 Å². The first-order chi connectivity index (χ1) is 12.6. The first kappa shape index (κ1) is 19.5. The fraction of sp³-hybridized carbons (Fsp3) is 0.250. The van der Waals surface area contributed by atoms with Gasteiger partial charge in [-0.3, -0.25) is 0 Å². The Morgan fingerprint density at radius 1 is 0.667 bits per heavy atom. The summed E-state index contributed by atoms with van der Waals surface area (Å²) in [6.07, 6.45) is 0. The number of benzene rings is 2. The van der Waals surface area contributed by atoms with Crippen molar-refractivity contribution in [3.8, 4) is 0 Å². The van der Waals surface area contributed by atoms with E-state index >= 15 is 0 Å². The van der Waals surface area contributed by atoms with Gasteiger partial charge in [0.2, 0.25) is 15.8 Å². The molecule has 3 rings (SSSR count). The Balaban J connectivity index is 1.87. The van der Waals surface area contributed by atoms with Gasteiger partial charge in [-0.1, -0.05) is 0 Å². The van der Waals surface area contributed by atoms with Gasteiger partial charge in [0.25, 0.3) is 0 Å². The number of sulfonamides is 1. The van der Waals surface area contributed by atoms with E-state index in [-0.39, 0.29) is 26.2 Å². The summed E-state index contributed by atoms with van der Waals surface area (Å²) >= 11 is 0. The number of halogens is 6. The van der Waals surface area contributed by atoms with Crippen LogP contribution in [0.2, 0.25) is 0 Å². The van der Waals surface area contributed by atoms with E-state index in [1.165, 1.54) is 24.3 Å². The standard InChI is InChI=1S/C16H12F6N2O2S/c17-9-1-3-10(4-2-9)23-5-7-24(8-6-23)27(25,26)16-14(21)12(19)11(18)13(20)15(16)22/h1-4H,5-8H2. The number of nitrogens with zero attached hydrogens (tertiary/aromatic N) is 2. The van der Waals surface area contributed by atoms with Crippen LogP contribution in [0, 0.1) is 34.9 Å². The third kappa shape index (κ3) is 3.36. The Morgan fingerprint density at radius 3 is 1.59 bits per heavy atom. The molecule has 0 radical (unpaired) electrons. The molecule has 4 nitrogen and oxygen atoms in total. The molecule has 0 aliphatic carbocycles. The van der Waals surface area contributed by atoms with E-state index < -0.39 is 49.8 Å². The van der Waals surface area contributed by atoms with Gasteiger partial charge in [0.05, 0.1) is 0 Å². The maximum atomic E-state index is 13.9. The number of hydrogen-bond acceptors (Lipinski definition) is 3. The predicted octanol–water partition coefficient (Wildman–Crippen LogP) is 3.03. The number of piperazine rings is 1. The first-order valence-corrected chi connectivity index (χ1v) is 9.10. The van der Waals surface area contributed by atoms with Gasteiger partial charge in [-0.25, -0.2) is 34.8 Å². The minimum absolute atomic E-state index is 0.0836. The van der Waals surface area contributed by atoms with Crippen molar-refractivity contribution < 1.29 is 34.8 Å². The van der Waals surface area contributed by atoms with Gasteiger partial charge in [0, 0.05) is 31.9 Å². The normalized spacial score (nSPS) is 16.0. The summed E-state index contributed by atoms with van der Waals surface area (Å²) in [4.78, 5) is -0.168. The lowest BCUT2D eigenvalue weighted by Crippen LogP contribution is -2.49. The molecule has 1 aliphatic heterocycles. The lowest BCUT2D eigenvalue weighted by Gasteiger charge is -2.35. The monoisotopic (exact) mass is 410 g/mol. The molecule has 0 aromatic heterocycles. The van der Waals surface area contributed by atoms with Crippen molar-refractivity contribution in [3.05, 3.63) is 59.2 Å². The third-order valence-electron chi connectivity index (χ3n) is 4.20. The molecule has 0 amide bonds. The molecular formula is C16H12F6N2O2S. The minimum Gasteiger partial charge on any atom is -0.369 e. The largest absolute Gasteiger partial charge is 0.369 e. The summed E-state index contributed by atoms with van der Waals surface area (Å²) in [6.45, 7) is -0.334. The predicted molar refractivity (Wildman–Crippen MR) is 83.6 cm³/mol. The highest BCUT2D eigenvalue weighted by Gasteiger charge is 2.38. The van der Waals surface area contributed by atoms with Crippen molar-refractivity contribution in [1.29, 1.82) is 0 Å². The SMILES string of the molecule is O=S(=O)(c1c(F)c(F)c(F)c(F)c1F)N1CCN(c2ccc(F)cc2)CC1. The van der Waals surface area contributed by atoms with E-state index in [0.29, 0.717) is 9.99 Å². The molecule has 0 bridgehead atoms. The van der Waals surface area contributed by atoms with Gasteiger partial charge in [-0.2, -0.15) is 4.31 Å². The van der Waals surface area contributed by atoms with Gasteiger partial charge < -0.3 is 4.90 Å². The van der Waals surface area contributed by atoms with Gasteiger partial charge >= 0.3 is 0 Å². The van der Waals surface area contributed by atoms with E-state index in [2.05, 4.69) is 0 Å². The summed E-state index contributed by atoms with van der Waals surface area (Å²) in [6, 6.07) is 5.38. The van der Waals surface area contributed by atoms with Crippen LogP contribution < -0.4 is 4.90 Å². The van der Waals surface area contributed by atoms with Crippen molar-refractivity contribution >= 4 is 15.7 Å². The third-order valence-corrected chi connectivity index (χ3v) is 6.12. The van der Waals surface area contributed by atoms with Crippen LogP contribution in [0.25, 0.3) is 0 Å². The zero-order valence-corrected chi connectivity index (χ0v) is 14.3. The molecule has 0 atom stereocenters. The second-order valence-corrected chi connectivity index (χ2v) is 7.64. The molecule has 146 valence electrons. The molecule has 11 heteroatoms. The summed E-state index contributed by atoms with van der Waals surface area (Å²) in [5, 5.41) is 0. The Labute approximate surface area is 150 Å². The Bertz CT molecular complexity index is 944. The lowest BCUT2D eigenvalue weighted by molar-refractivity contribution is 0.344. The summed E-state index contributed by atoms with van der Waals surface area (Å²) in [7, 11) is -4.95. The van der Waals surface area contributed by atoms with Crippen LogP contribution in [-0.4, -0.2) is 38.9 Å². The number of rotatable bonds is 3. The molecule has 0 saturated carbocycles. The maximum absolute atomic E-state index is 13.9. The topological polar surface area (TPSA) is 40.6 Å². The van der Waals surface area contributed by atoms with Gasteiger partial charge in [0.15, 0.2) is 28.2 Å². The fourth-order valence-electron chi connectivity index (χ4n) is 2.78. The second kappa shape index (κ2) is 7.04. The van der Waals surface area contributed by atoms with Crippen LogP contribution in [0.1, 0.15) is 0 Å². The van der Waals surface area contributed by atoms with Crippen LogP contribution in [0.15, 0.2) is 29.2 Å². The number of hydrogen-bond donors (Lipinski definition) is 0. The Hall–Kier alpha value is -2.27. The fourth-order valence-corrected chi connectivity index (χ4v) is 4.31. The molecule has 2 aromatic rings. The van der Waals surface area contributed by atoms with Crippen LogP contribution >= 0.6 is 0 Å². The van der Waals surface area contributed by atoms with Crippen LogP contribution in [-0.2, 0) is 10.0 Å². The van der Waals surface area contributed by atoms with Crippen molar-refractivity contribution in [2.75, 3.05) is 31.1 Å². The smallest absolute Gasteiger partial charge is 0.249 e. The lowest BCUT2D eigenvalue weighted by atomic mass is 10.2. The highest BCUT2D eigenvalue weighted by molar-refractivity contribution is 7.89. The van der Waals surface area contributed by atoms with Gasteiger partial charge in [-0.05, 0) is 24.3 Å². The Morgan fingerprint density at radius 2 is 1.11 bits per heavy atom. The van der Waals surface area contributed by atoms with E-state index in [1.54, 1.807) is 4.90 Å². The molecule has 27 heavy (non-hydrogen) atoms. The molecule has 2 aromatic carbocycles. The zero-order chi connectivity index (χ0) is 19.9. The molecule has 1 aliphatic rings. The molecule has 1 saturated heterocycles. The average Bonchev–Trinajstić information content (AvgIpc) is 2.65. The van der Waals surface area contributed by atoms with Crippen molar-refractivity contribution in [2.45, 2.75) is 4.90 Å². The minimum atomic E-state index is -4.95. The average molecular weight is 410 g/mol. The van der Waals surface area contributed by atoms with Crippen molar-refractivity contribution in [1.82, 2.24) is 4.31 Å². The van der Waals surface area contributed by atoms with Gasteiger partial charge in [0.1, 0.15) is 5.82 Å². The quantitative estimate of drug-likeness (QED) is 0.444. The molecule has 1 fully saturated rings. The van der Waals surface area contributed by atoms with Crippen molar-refractivity contribution in [2.24, 2.45) is 0 Å². The molecular weight excluding hydrogens is 398 g/mol. The maximum Gasteiger partial charge on any atom is 0.249 e. The van der Waals surface area contributed by atoms with E-state index in [1.807, 2.05) is 0 Å². The molecule has 0 spiro atoms. The van der Waals surface area contributed by atoms with E-state index in [0.717, 1.165) is 0 Å². The molecule has 0 N–H and O–H groups in total. The van der Waals surface area contributed by atoms with E-state index in [4.69, 9.17) is 0 Å².